The smallest absolute Gasteiger partial charge is 0.218 e. The molecule has 0 bridgehead atoms. The molecule has 2 aromatic heterocycles. The third-order valence-electron chi connectivity index (χ3n) is 3.24. The zero-order valence-electron chi connectivity index (χ0n) is 10.4. The van der Waals surface area contributed by atoms with Crippen LogP contribution >= 0.6 is 0 Å². The lowest BCUT2D eigenvalue weighted by molar-refractivity contribution is 0.593. The summed E-state index contributed by atoms with van der Waals surface area (Å²) in [6.07, 6.45) is 1.42. The summed E-state index contributed by atoms with van der Waals surface area (Å²) in [4.78, 5) is 12.5. The Morgan fingerprint density at radius 3 is 2.75 bits per heavy atom. The van der Waals surface area contributed by atoms with E-state index in [0.29, 0.717) is 16.7 Å². The summed E-state index contributed by atoms with van der Waals surface area (Å²) in [5.41, 5.74) is 2.31. The highest BCUT2D eigenvalue weighted by Gasteiger charge is 2.12. The number of benzene rings is 2. The van der Waals surface area contributed by atoms with E-state index >= 15 is 0 Å². The quantitative estimate of drug-likeness (QED) is 0.529. The number of hydrogen-bond donors (Lipinski definition) is 0. The van der Waals surface area contributed by atoms with Crippen LogP contribution in [0.1, 0.15) is 0 Å². The summed E-state index contributed by atoms with van der Waals surface area (Å²) in [5, 5.41) is 8.62. The van der Waals surface area contributed by atoms with Gasteiger partial charge in [-0.3, -0.25) is 4.79 Å². The van der Waals surface area contributed by atoms with Crippen LogP contribution in [0.5, 0.6) is 0 Å². The first-order valence-electron chi connectivity index (χ1n) is 6.16. The fourth-order valence-corrected chi connectivity index (χ4v) is 2.26. The monoisotopic (exact) mass is 263 g/mol. The van der Waals surface area contributed by atoms with Gasteiger partial charge in [0.2, 0.25) is 5.43 Å². The van der Waals surface area contributed by atoms with E-state index in [1.165, 1.54) is 10.9 Å². The first-order chi connectivity index (χ1) is 9.84. The molecule has 4 aromatic rings. The molecule has 0 amide bonds. The van der Waals surface area contributed by atoms with Crippen LogP contribution in [0, 0.1) is 0 Å². The van der Waals surface area contributed by atoms with Crippen LogP contribution in [0.25, 0.3) is 27.7 Å². The molecule has 20 heavy (non-hydrogen) atoms. The predicted molar refractivity (Wildman–Crippen MR) is 74.9 cm³/mol. The van der Waals surface area contributed by atoms with Gasteiger partial charge in [-0.05, 0) is 24.3 Å². The maximum absolute atomic E-state index is 12.5. The van der Waals surface area contributed by atoms with E-state index in [2.05, 4.69) is 10.3 Å². The highest BCUT2D eigenvalue weighted by Crippen LogP contribution is 2.16. The summed E-state index contributed by atoms with van der Waals surface area (Å²) < 4.78 is 7.02. The number of para-hydroxylation sites is 2. The Morgan fingerprint density at radius 2 is 1.80 bits per heavy atom. The molecule has 2 aromatic carbocycles. The fraction of sp³-hybridized carbons (Fsp3) is 0. The Balaban J connectivity index is 2.08. The van der Waals surface area contributed by atoms with Gasteiger partial charge in [-0.25, -0.2) is 4.68 Å². The van der Waals surface area contributed by atoms with Crippen LogP contribution in [0.15, 0.2) is 64.0 Å². The number of nitrogens with zero attached hydrogens (tertiary/aromatic N) is 3. The van der Waals surface area contributed by atoms with Crippen molar-refractivity contribution in [2.45, 2.75) is 0 Å². The molecule has 0 N–H and O–H groups in total. The van der Waals surface area contributed by atoms with Crippen LogP contribution in [-0.4, -0.2) is 15.0 Å². The van der Waals surface area contributed by atoms with Crippen LogP contribution in [0.4, 0.5) is 0 Å². The van der Waals surface area contributed by atoms with Gasteiger partial charge in [-0.2, -0.15) is 0 Å². The molecule has 5 heteroatoms. The van der Waals surface area contributed by atoms with Gasteiger partial charge >= 0.3 is 0 Å². The average molecular weight is 263 g/mol. The van der Waals surface area contributed by atoms with E-state index in [9.17, 15) is 4.79 Å². The summed E-state index contributed by atoms with van der Waals surface area (Å²) >= 11 is 0. The van der Waals surface area contributed by atoms with Crippen LogP contribution in [-0.2, 0) is 0 Å². The second-order valence-electron chi connectivity index (χ2n) is 4.44. The molecular weight excluding hydrogens is 254 g/mol. The minimum Gasteiger partial charge on any atom is -0.462 e. The lowest BCUT2D eigenvalue weighted by Gasteiger charge is -2.02. The van der Waals surface area contributed by atoms with Gasteiger partial charge in [0.05, 0.1) is 10.9 Å². The lowest BCUT2D eigenvalue weighted by Crippen LogP contribution is -2.12. The molecule has 96 valence electrons. The Labute approximate surface area is 113 Å². The van der Waals surface area contributed by atoms with Crippen LogP contribution in [0.2, 0.25) is 0 Å². The second-order valence-corrected chi connectivity index (χ2v) is 4.44. The van der Waals surface area contributed by atoms with Crippen LogP contribution < -0.4 is 5.43 Å². The summed E-state index contributed by atoms with van der Waals surface area (Å²) in [6.45, 7) is 0. The van der Waals surface area contributed by atoms with E-state index in [4.69, 9.17) is 4.42 Å². The molecule has 0 unspecified atom stereocenters. The second kappa shape index (κ2) is 4.03. The third kappa shape index (κ3) is 1.46. The van der Waals surface area contributed by atoms with Crippen molar-refractivity contribution in [3.05, 3.63) is 65.0 Å². The highest BCUT2D eigenvalue weighted by atomic mass is 16.3. The Morgan fingerprint density at radius 1 is 1.00 bits per heavy atom. The SMILES string of the molecule is O=c1c(-n2nnc3ccccc32)coc2ccccc12. The third-order valence-corrected chi connectivity index (χ3v) is 3.24. The number of fused-ring (bicyclic) bond motifs is 2. The maximum Gasteiger partial charge on any atom is 0.218 e. The maximum atomic E-state index is 12.5. The minimum atomic E-state index is -0.123. The molecule has 5 nitrogen and oxygen atoms in total. The van der Waals surface area contributed by atoms with Crippen LogP contribution in [0.3, 0.4) is 0 Å². The zero-order valence-corrected chi connectivity index (χ0v) is 10.4. The first kappa shape index (κ1) is 10.9. The van der Waals surface area contributed by atoms with Gasteiger partial charge in [0.1, 0.15) is 17.4 Å². The standard InChI is InChI=1S/C15H9N3O2/c19-15-10-5-1-4-8-14(10)20-9-13(15)18-12-7-3-2-6-11(12)16-17-18/h1-9H. The predicted octanol–water partition coefficient (Wildman–Crippen LogP) is 2.53. The summed E-state index contributed by atoms with van der Waals surface area (Å²) in [6, 6.07) is 14.6. The molecule has 0 spiro atoms. The van der Waals surface area contributed by atoms with Crippen molar-refractivity contribution >= 4 is 22.0 Å². The molecule has 0 saturated carbocycles. The van der Waals surface area contributed by atoms with Gasteiger partial charge in [-0.15, -0.1) is 5.10 Å². The molecule has 0 aliphatic carbocycles. The molecule has 0 aliphatic heterocycles. The first-order valence-corrected chi connectivity index (χ1v) is 6.16. The van der Waals surface area contributed by atoms with Crippen molar-refractivity contribution in [3.63, 3.8) is 0 Å². The molecule has 2 heterocycles. The molecule has 0 atom stereocenters. The van der Waals surface area contributed by atoms with E-state index in [0.717, 1.165) is 11.0 Å². The molecule has 0 saturated heterocycles. The van der Waals surface area contributed by atoms with Crippen molar-refractivity contribution in [2.24, 2.45) is 0 Å². The molecule has 4 rings (SSSR count). The molecule has 0 radical (unpaired) electrons. The Bertz CT molecular complexity index is 985. The van der Waals surface area contributed by atoms with Gasteiger partial charge in [-0.1, -0.05) is 29.5 Å². The molecule has 0 fully saturated rings. The lowest BCUT2D eigenvalue weighted by atomic mass is 10.2. The largest absolute Gasteiger partial charge is 0.462 e. The zero-order chi connectivity index (χ0) is 13.5. The van der Waals surface area contributed by atoms with Crippen molar-refractivity contribution in [1.82, 2.24) is 15.0 Å². The topological polar surface area (TPSA) is 60.9 Å². The molecular formula is C15H9N3O2. The fourth-order valence-electron chi connectivity index (χ4n) is 2.26. The van der Waals surface area contributed by atoms with Gasteiger partial charge in [0.25, 0.3) is 0 Å². The normalized spacial score (nSPS) is 11.2. The Hall–Kier alpha value is -2.95. The molecule has 0 aliphatic rings. The number of aromatic nitrogens is 3. The van der Waals surface area contributed by atoms with Gasteiger partial charge in [0.15, 0.2) is 5.69 Å². The van der Waals surface area contributed by atoms with E-state index in [1.54, 1.807) is 12.1 Å². The minimum absolute atomic E-state index is 0.123. The van der Waals surface area contributed by atoms with Gasteiger partial charge < -0.3 is 4.42 Å². The van der Waals surface area contributed by atoms with E-state index in [-0.39, 0.29) is 5.43 Å². The summed E-state index contributed by atoms with van der Waals surface area (Å²) in [5.74, 6) is 0. The average Bonchev–Trinajstić information content (AvgIpc) is 2.92. The highest BCUT2D eigenvalue weighted by molar-refractivity contribution is 5.80. The van der Waals surface area contributed by atoms with Crippen molar-refractivity contribution in [2.75, 3.05) is 0 Å². The van der Waals surface area contributed by atoms with Crippen molar-refractivity contribution in [3.8, 4) is 5.69 Å². The van der Waals surface area contributed by atoms with Crippen molar-refractivity contribution in [1.29, 1.82) is 0 Å². The summed E-state index contributed by atoms with van der Waals surface area (Å²) in [7, 11) is 0. The number of hydrogen-bond acceptors (Lipinski definition) is 4. The van der Waals surface area contributed by atoms with Gasteiger partial charge in [0, 0.05) is 0 Å². The Kier molecular flexibility index (Phi) is 2.20. The van der Waals surface area contributed by atoms with Crippen molar-refractivity contribution < 1.29 is 4.42 Å². The number of rotatable bonds is 1. The van der Waals surface area contributed by atoms with E-state index in [1.807, 2.05) is 36.4 Å². The van der Waals surface area contributed by atoms with E-state index < -0.39 is 0 Å².